The summed E-state index contributed by atoms with van der Waals surface area (Å²) < 4.78 is 0. The summed E-state index contributed by atoms with van der Waals surface area (Å²) in [4.78, 5) is 20.8. The molecular weight excluding hydrogens is 126 g/mol. The van der Waals surface area contributed by atoms with Crippen LogP contribution in [-0.4, -0.2) is 22.7 Å². The van der Waals surface area contributed by atoms with Crippen LogP contribution < -0.4 is 5.73 Å². The fourth-order valence-corrected chi connectivity index (χ4v) is 1.23. The summed E-state index contributed by atoms with van der Waals surface area (Å²) >= 11 is 1.000. The predicted octanol–water partition coefficient (Wildman–Crippen LogP) is -0.844. The van der Waals surface area contributed by atoms with Crippen molar-refractivity contribution >= 4 is 22.7 Å². The highest BCUT2D eigenvalue weighted by atomic mass is 32.2. The third kappa shape index (κ3) is 0.763. The highest BCUT2D eigenvalue weighted by Crippen LogP contribution is 2.13. The maximum absolute atomic E-state index is 10.4. The molecule has 0 aliphatic carbocycles. The number of ketones is 1. The highest BCUT2D eigenvalue weighted by Gasteiger charge is 2.29. The minimum atomic E-state index is -0.833. The molecule has 2 N–H and O–H groups in total. The summed E-state index contributed by atoms with van der Waals surface area (Å²) in [5, 5.41) is -0.199. The molecule has 0 aromatic heterocycles. The van der Waals surface area contributed by atoms with Crippen LogP contribution in [0.5, 0.6) is 0 Å². The number of rotatable bonds is 0. The molecule has 3 nitrogen and oxygen atoms in total. The molecule has 0 radical (unpaired) electrons. The molecular formula is C4H5NO2S. The first-order valence-electron chi connectivity index (χ1n) is 2.17. The van der Waals surface area contributed by atoms with Crippen molar-refractivity contribution in [1.82, 2.24) is 0 Å². The van der Waals surface area contributed by atoms with E-state index in [9.17, 15) is 9.59 Å². The Labute approximate surface area is 50.6 Å². The summed E-state index contributed by atoms with van der Waals surface area (Å²) in [6.45, 7) is 0. The zero-order chi connectivity index (χ0) is 6.15. The van der Waals surface area contributed by atoms with E-state index in [4.69, 9.17) is 5.73 Å². The van der Waals surface area contributed by atoms with Crippen molar-refractivity contribution in [2.45, 2.75) is 6.04 Å². The molecule has 0 aromatic carbocycles. The third-order valence-corrected chi connectivity index (χ3v) is 1.92. The van der Waals surface area contributed by atoms with Gasteiger partial charge in [-0.1, -0.05) is 11.8 Å². The van der Waals surface area contributed by atoms with Gasteiger partial charge in [0, 0.05) is 0 Å². The maximum atomic E-state index is 10.4. The first kappa shape index (κ1) is 5.78. The summed E-state index contributed by atoms with van der Waals surface area (Å²) in [5.74, 6) is 0.111. The lowest BCUT2D eigenvalue weighted by Crippen LogP contribution is -2.31. The van der Waals surface area contributed by atoms with Crippen LogP contribution in [0, 0.1) is 0 Å². The van der Waals surface area contributed by atoms with Gasteiger partial charge in [-0.25, -0.2) is 0 Å². The fraction of sp³-hybridized carbons (Fsp3) is 0.500. The van der Waals surface area contributed by atoms with Crippen LogP contribution in [0.15, 0.2) is 0 Å². The Kier molecular flexibility index (Phi) is 1.35. The number of hydrogen-bond donors (Lipinski definition) is 1. The lowest BCUT2D eigenvalue weighted by atomic mass is 10.2. The van der Waals surface area contributed by atoms with E-state index < -0.39 is 6.04 Å². The molecule has 0 spiro atoms. The van der Waals surface area contributed by atoms with Crippen LogP contribution in [0.2, 0.25) is 0 Å². The first-order valence-corrected chi connectivity index (χ1v) is 3.15. The van der Waals surface area contributed by atoms with Crippen molar-refractivity contribution in [2.75, 3.05) is 5.75 Å². The highest BCUT2D eigenvalue weighted by molar-refractivity contribution is 8.15. The van der Waals surface area contributed by atoms with Gasteiger partial charge in [0.2, 0.25) is 5.12 Å². The Morgan fingerprint density at radius 3 is 2.38 bits per heavy atom. The molecule has 4 heteroatoms. The van der Waals surface area contributed by atoms with Gasteiger partial charge >= 0.3 is 0 Å². The maximum Gasteiger partial charge on any atom is 0.213 e. The number of carbonyl (C=O) groups excluding carboxylic acids is 2. The molecule has 0 aromatic rings. The van der Waals surface area contributed by atoms with Gasteiger partial charge < -0.3 is 5.73 Å². The molecule has 8 heavy (non-hydrogen) atoms. The third-order valence-electron chi connectivity index (χ3n) is 0.958. The van der Waals surface area contributed by atoms with Gasteiger partial charge in [0.25, 0.3) is 0 Å². The molecule has 1 aliphatic heterocycles. The van der Waals surface area contributed by atoms with Crippen LogP contribution in [-0.2, 0) is 9.59 Å². The van der Waals surface area contributed by atoms with Gasteiger partial charge in [-0.15, -0.1) is 0 Å². The average molecular weight is 131 g/mol. The Hall–Kier alpha value is -0.350. The fourth-order valence-electron chi connectivity index (χ4n) is 0.453. The number of Topliss-reactive ketones (excluding diaryl/α,β-unsaturated/α-hetero) is 1. The predicted molar refractivity (Wildman–Crippen MR) is 30.4 cm³/mol. The standard InChI is InChI=1S/C4H5NO2S/c5-3-2(6)1-8-4(3)7/h3H,1,5H2. The van der Waals surface area contributed by atoms with Gasteiger partial charge in [-0.05, 0) is 0 Å². The quantitative estimate of drug-likeness (QED) is 0.435. The topological polar surface area (TPSA) is 60.2 Å². The molecule has 1 aliphatic rings. The second-order valence-electron chi connectivity index (χ2n) is 1.55. The van der Waals surface area contributed by atoms with E-state index in [0.717, 1.165) is 11.8 Å². The summed E-state index contributed by atoms with van der Waals surface area (Å²) in [7, 11) is 0. The lowest BCUT2D eigenvalue weighted by Gasteiger charge is -1.90. The van der Waals surface area contributed by atoms with Gasteiger partial charge in [-0.3, -0.25) is 9.59 Å². The lowest BCUT2D eigenvalue weighted by molar-refractivity contribution is -0.121. The summed E-state index contributed by atoms with van der Waals surface area (Å²) in [5.41, 5.74) is 5.10. The second kappa shape index (κ2) is 1.87. The van der Waals surface area contributed by atoms with Crippen molar-refractivity contribution in [1.29, 1.82) is 0 Å². The normalized spacial score (nSPS) is 29.4. The van der Waals surface area contributed by atoms with Crippen LogP contribution >= 0.6 is 11.8 Å². The van der Waals surface area contributed by atoms with E-state index in [-0.39, 0.29) is 16.7 Å². The zero-order valence-corrected chi connectivity index (χ0v) is 4.90. The number of thioether (sulfide) groups is 1. The van der Waals surface area contributed by atoms with Gasteiger partial charge in [-0.2, -0.15) is 0 Å². The number of carbonyl (C=O) groups is 2. The smallest absolute Gasteiger partial charge is 0.213 e. The molecule has 0 bridgehead atoms. The van der Waals surface area contributed by atoms with E-state index in [2.05, 4.69) is 0 Å². The van der Waals surface area contributed by atoms with Crippen molar-refractivity contribution in [3.05, 3.63) is 0 Å². The Balaban J connectivity index is 2.70. The minimum Gasteiger partial charge on any atom is -0.315 e. The molecule has 0 amide bonds. The van der Waals surface area contributed by atoms with Gasteiger partial charge in [0.05, 0.1) is 5.75 Å². The van der Waals surface area contributed by atoms with Gasteiger partial charge in [0.1, 0.15) is 6.04 Å². The number of hydrogen-bond acceptors (Lipinski definition) is 4. The largest absolute Gasteiger partial charge is 0.315 e. The van der Waals surface area contributed by atoms with Crippen LogP contribution in [0.4, 0.5) is 0 Å². The van der Waals surface area contributed by atoms with E-state index >= 15 is 0 Å². The van der Waals surface area contributed by atoms with Crippen molar-refractivity contribution in [3.63, 3.8) is 0 Å². The van der Waals surface area contributed by atoms with Gasteiger partial charge in [0.15, 0.2) is 5.78 Å². The second-order valence-corrected chi connectivity index (χ2v) is 2.53. The Morgan fingerprint density at radius 1 is 1.62 bits per heavy atom. The molecule has 1 heterocycles. The van der Waals surface area contributed by atoms with Crippen LogP contribution in [0.3, 0.4) is 0 Å². The molecule has 1 unspecified atom stereocenters. The van der Waals surface area contributed by atoms with Crippen LogP contribution in [0.25, 0.3) is 0 Å². The van der Waals surface area contributed by atoms with E-state index in [1.807, 2.05) is 0 Å². The molecule has 44 valence electrons. The molecule has 1 saturated heterocycles. The number of nitrogens with two attached hydrogens (primary N) is 1. The minimum absolute atomic E-state index is 0.153. The first-order chi connectivity index (χ1) is 3.72. The molecule has 1 atom stereocenters. The van der Waals surface area contributed by atoms with E-state index in [0.29, 0.717) is 0 Å². The van der Waals surface area contributed by atoms with Crippen molar-refractivity contribution in [2.24, 2.45) is 5.73 Å². The Morgan fingerprint density at radius 2 is 2.25 bits per heavy atom. The van der Waals surface area contributed by atoms with E-state index in [1.165, 1.54) is 0 Å². The summed E-state index contributed by atoms with van der Waals surface area (Å²) in [6, 6.07) is -0.833. The monoisotopic (exact) mass is 131 g/mol. The molecule has 1 rings (SSSR count). The molecule has 0 saturated carbocycles. The van der Waals surface area contributed by atoms with E-state index in [1.54, 1.807) is 0 Å². The van der Waals surface area contributed by atoms with Crippen molar-refractivity contribution in [3.8, 4) is 0 Å². The molecule has 1 fully saturated rings. The SMILES string of the molecule is NC1C(=O)CSC1=O. The van der Waals surface area contributed by atoms with Crippen LogP contribution in [0.1, 0.15) is 0 Å². The Bertz CT molecular complexity index is 129. The van der Waals surface area contributed by atoms with Crippen molar-refractivity contribution < 1.29 is 9.59 Å². The summed E-state index contributed by atoms with van der Waals surface area (Å²) in [6.07, 6.45) is 0. The average Bonchev–Trinajstić information content (AvgIpc) is 1.98. The zero-order valence-electron chi connectivity index (χ0n) is 4.09.